The molecule has 3 heterocycles. The lowest BCUT2D eigenvalue weighted by atomic mass is 10.1. The molecule has 0 spiro atoms. The molecule has 1 aliphatic rings. The number of hydrogen-bond donors (Lipinski definition) is 1. The number of aryl methyl sites for hydroxylation is 2. The monoisotopic (exact) mass is 391 g/mol. The van der Waals surface area contributed by atoms with Crippen LogP contribution in [0.25, 0.3) is 11.5 Å². The van der Waals surface area contributed by atoms with Gasteiger partial charge in [0.25, 0.3) is 5.89 Å². The van der Waals surface area contributed by atoms with E-state index in [0.717, 1.165) is 43.7 Å². The van der Waals surface area contributed by atoms with Crippen molar-refractivity contribution in [3.05, 3.63) is 60.0 Å². The maximum Gasteiger partial charge on any atom is 0.259 e. The Hall–Kier alpha value is -3.22. The molecule has 1 amide bonds. The predicted octanol–water partition coefficient (Wildman–Crippen LogP) is 3.34. The Labute approximate surface area is 170 Å². The van der Waals surface area contributed by atoms with Crippen LogP contribution in [0.15, 0.2) is 53.2 Å². The van der Waals surface area contributed by atoms with Crippen molar-refractivity contribution in [2.45, 2.75) is 38.6 Å². The average molecular weight is 391 g/mol. The number of nitrogens with zero attached hydrogens (tertiary/aromatic N) is 4. The first-order chi connectivity index (χ1) is 14.2. The fourth-order valence-corrected chi connectivity index (χ4v) is 3.56. The smallest absolute Gasteiger partial charge is 0.259 e. The van der Waals surface area contributed by atoms with Gasteiger partial charge in [0.1, 0.15) is 5.82 Å². The molecule has 150 valence electrons. The standard InChI is InChI=1S/C22H25N5O2/c1-2-27-15-18(13-21(27)28)24-19-12-11-17(14-23-19)22-25-20(26-29-22)10-6-9-16-7-4-3-5-8-16/h3-5,7-8,11-12,14,18H,2,6,9-10,13,15H2,1H3,(H,23,24)/t18-/m1/s1. The number of likely N-dealkylation sites (N-methyl/N-ethyl adjacent to an activating group) is 1. The van der Waals surface area contributed by atoms with Gasteiger partial charge >= 0.3 is 0 Å². The van der Waals surface area contributed by atoms with E-state index < -0.39 is 0 Å². The van der Waals surface area contributed by atoms with Crippen molar-refractivity contribution >= 4 is 11.7 Å². The number of carbonyl (C=O) groups is 1. The first kappa shape index (κ1) is 19.1. The second kappa shape index (κ2) is 8.86. The molecule has 2 aromatic heterocycles. The zero-order valence-electron chi connectivity index (χ0n) is 16.5. The predicted molar refractivity (Wildman–Crippen MR) is 110 cm³/mol. The van der Waals surface area contributed by atoms with Gasteiger partial charge in [-0.15, -0.1) is 0 Å². The van der Waals surface area contributed by atoms with E-state index in [1.807, 2.05) is 30.0 Å². The third-order valence-electron chi connectivity index (χ3n) is 5.14. The van der Waals surface area contributed by atoms with Crippen LogP contribution in [0.4, 0.5) is 5.82 Å². The maximum atomic E-state index is 11.8. The quantitative estimate of drug-likeness (QED) is 0.634. The van der Waals surface area contributed by atoms with Gasteiger partial charge in [-0.1, -0.05) is 35.5 Å². The SMILES string of the molecule is CCN1C[C@H](Nc2ccc(-c3nc(CCCc4ccccc4)no3)cn2)CC1=O. The van der Waals surface area contributed by atoms with Gasteiger partial charge in [-0.05, 0) is 37.5 Å². The van der Waals surface area contributed by atoms with Crippen LogP contribution < -0.4 is 5.32 Å². The van der Waals surface area contributed by atoms with Crippen molar-refractivity contribution in [1.29, 1.82) is 0 Å². The molecule has 0 radical (unpaired) electrons. The zero-order chi connectivity index (χ0) is 20.1. The lowest BCUT2D eigenvalue weighted by Gasteiger charge is -2.15. The minimum atomic E-state index is 0.0976. The Bertz CT molecular complexity index is 939. The molecule has 4 rings (SSSR count). The van der Waals surface area contributed by atoms with Gasteiger partial charge in [-0.2, -0.15) is 4.98 Å². The normalized spacial score (nSPS) is 16.4. The summed E-state index contributed by atoms with van der Waals surface area (Å²) < 4.78 is 5.40. The minimum absolute atomic E-state index is 0.0976. The van der Waals surface area contributed by atoms with Crippen LogP contribution in [0.1, 0.15) is 31.2 Å². The Morgan fingerprint density at radius 3 is 2.76 bits per heavy atom. The molecule has 1 saturated heterocycles. The number of pyridine rings is 1. The summed E-state index contributed by atoms with van der Waals surface area (Å²) in [7, 11) is 0. The van der Waals surface area contributed by atoms with Gasteiger partial charge in [-0.3, -0.25) is 4.79 Å². The highest BCUT2D eigenvalue weighted by Crippen LogP contribution is 2.20. The van der Waals surface area contributed by atoms with Crippen LogP contribution in [-0.2, 0) is 17.6 Å². The number of rotatable bonds is 8. The molecule has 7 nitrogen and oxygen atoms in total. The van der Waals surface area contributed by atoms with Gasteiger partial charge < -0.3 is 14.7 Å². The summed E-state index contributed by atoms with van der Waals surface area (Å²) in [6.07, 6.45) is 4.96. The Balaban J connectivity index is 1.31. The van der Waals surface area contributed by atoms with Crippen molar-refractivity contribution in [3.8, 4) is 11.5 Å². The summed E-state index contributed by atoms with van der Waals surface area (Å²) in [5.74, 6) is 2.12. The highest BCUT2D eigenvalue weighted by molar-refractivity contribution is 5.79. The molecule has 3 aromatic rings. The van der Waals surface area contributed by atoms with Crippen LogP contribution in [-0.4, -0.2) is 45.1 Å². The van der Waals surface area contributed by atoms with Crippen LogP contribution >= 0.6 is 0 Å². The average Bonchev–Trinajstić information content (AvgIpc) is 3.36. The summed E-state index contributed by atoms with van der Waals surface area (Å²) in [6.45, 7) is 3.46. The molecule has 0 bridgehead atoms. The highest BCUT2D eigenvalue weighted by Gasteiger charge is 2.28. The molecule has 1 aliphatic heterocycles. The van der Waals surface area contributed by atoms with E-state index in [1.165, 1.54) is 5.56 Å². The fraction of sp³-hybridized carbons (Fsp3) is 0.364. The fourth-order valence-electron chi connectivity index (χ4n) is 3.56. The molecule has 0 unspecified atom stereocenters. The third kappa shape index (κ3) is 4.80. The summed E-state index contributed by atoms with van der Waals surface area (Å²) in [4.78, 5) is 22.6. The topological polar surface area (TPSA) is 84.2 Å². The van der Waals surface area contributed by atoms with Crippen LogP contribution in [0.3, 0.4) is 0 Å². The minimum Gasteiger partial charge on any atom is -0.365 e. The molecule has 0 saturated carbocycles. The number of amides is 1. The molecule has 1 N–H and O–H groups in total. The van der Waals surface area contributed by atoms with E-state index >= 15 is 0 Å². The van der Waals surface area contributed by atoms with Gasteiger partial charge in [0, 0.05) is 32.1 Å². The maximum absolute atomic E-state index is 11.8. The number of anilines is 1. The Morgan fingerprint density at radius 2 is 2.03 bits per heavy atom. The van der Waals surface area contributed by atoms with E-state index in [4.69, 9.17) is 4.52 Å². The molecule has 0 aliphatic carbocycles. The second-order valence-corrected chi connectivity index (χ2v) is 7.26. The van der Waals surface area contributed by atoms with Crippen molar-refractivity contribution in [3.63, 3.8) is 0 Å². The third-order valence-corrected chi connectivity index (χ3v) is 5.14. The van der Waals surface area contributed by atoms with Crippen molar-refractivity contribution in [1.82, 2.24) is 20.0 Å². The Morgan fingerprint density at radius 1 is 1.17 bits per heavy atom. The van der Waals surface area contributed by atoms with Gasteiger partial charge in [0.2, 0.25) is 5.91 Å². The van der Waals surface area contributed by atoms with Crippen molar-refractivity contribution in [2.75, 3.05) is 18.4 Å². The van der Waals surface area contributed by atoms with E-state index in [1.54, 1.807) is 6.20 Å². The van der Waals surface area contributed by atoms with Gasteiger partial charge in [0.05, 0.1) is 11.6 Å². The number of aromatic nitrogens is 3. The highest BCUT2D eigenvalue weighted by atomic mass is 16.5. The van der Waals surface area contributed by atoms with E-state index in [-0.39, 0.29) is 11.9 Å². The number of hydrogen-bond acceptors (Lipinski definition) is 6. The first-order valence-corrected chi connectivity index (χ1v) is 10.1. The summed E-state index contributed by atoms with van der Waals surface area (Å²) >= 11 is 0. The number of likely N-dealkylation sites (tertiary alicyclic amines) is 1. The lowest BCUT2D eigenvalue weighted by molar-refractivity contribution is -0.127. The molecule has 7 heteroatoms. The van der Waals surface area contributed by atoms with E-state index in [0.29, 0.717) is 18.1 Å². The Kier molecular flexibility index (Phi) is 5.84. The summed E-state index contributed by atoms with van der Waals surface area (Å²) in [5.41, 5.74) is 2.10. The van der Waals surface area contributed by atoms with Crippen LogP contribution in [0, 0.1) is 0 Å². The second-order valence-electron chi connectivity index (χ2n) is 7.26. The van der Waals surface area contributed by atoms with E-state index in [9.17, 15) is 4.79 Å². The lowest BCUT2D eigenvalue weighted by Crippen LogP contribution is -2.27. The molecule has 1 fully saturated rings. The van der Waals surface area contributed by atoms with Crippen molar-refractivity contribution in [2.24, 2.45) is 0 Å². The van der Waals surface area contributed by atoms with E-state index in [2.05, 4.69) is 44.7 Å². The molecular weight excluding hydrogens is 366 g/mol. The summed E-state index contributed by atoms with van der Waals surface area (Å²) in [5, 5.41) is 7.41. The molecule has 1 aromatic carbocycles. The van der Waals surface area contributed by atoms with Gasteiger partial charge in [-0.25, -0.2) is 4.98 Å². The number of nitrogens with one attached hydrogen (secondary N) is 1. The molecule has 29 heavy (non-hydrogen) atoms. The number of benzene rings is 1. The van der Waals surface area contributed by atoms with Gasteiger partial charge in [0.15, 0.2) is 5.82 Å². The van der Waals surface area contributed by atoms with Crippen molar-refractivity contribution < 1.29 is 9.32 Å². The van der Waals surface area contributed by atoms with Crippen LogP contribution in [0.2, 0.25) is 0 Å². The largest absolute Gasteiger partial charge is 0.365 e. The zero-order valence-corrected chi connectivity index (χ0v) is 16.5. The first-order valence-electron chi connectivity index (χ1n) is 10.1. The molecular formula is C22H25N5O2. The molecule has 1 atom stereocenters. The number of carbonyl (C=O) groups excluding carboxylic acids is 1. The summed E-state index contributed by atoms with van der Waals surface area (Å²) in [6, 6.07) is 14.3. The van der Waals surface area contributed by atoms with Crippen LogP contribution in [0.5, 0.6) is 0 Å².